The van der Waals surface area contributed by atoms with Crippen LogP contribution in [-0.4, -0.2) is 42.1 Å². The van der Waals surface area contributed by atoms with Gasteiger partial charge in [0, 0.05) is 24.4 Å². The van der Waals surface area contributed by atoms with E-state index >= 15 is 0 Å². The van der Waals surface area contributed by atoms with Crippen LogP contribution in [0.1, 0.15) is 18.6 Å². The Morgan fingerprint density at radius 1 is 1.53 bits per heavy atom. The van der Waals surface area contributed by atoms with E-state index in [9.17, 15) is 15.0 Å². The number of nitrogens with one attached hydrogen (secondary N) is 1. The predicted octanol–water partition coefficient (Wildman–Crippen LogP) is 0.214. The number of aromatic nitrogens is 3. The number of carbonyl (C=O) groups is 1. The van der Waals surface area contributed by atoms with Crippen LogP contribution in [0.3, 0.4) is 0 Å². The smallest absolute Gasteiger partial charge is 0.185 e. The van der Waals surface area contributed by atoms with Crippen molar-refractivity contribution in [3.05, 3.63) is 18.1 Å². The summed E-state index contributed by atoms with van der Waals surface area (Å²) in [6.07, 6.45) is 0.607. The van der Waals surface area contributed by atoms with Gasteiger partial charge in [0.1, 0.15) is 23.9 Å². The molecule has 0 saturated carbocycles. The molecule has 0 radical (unpaired) electrons. The fourth-order valence-electron chi connectivity index (χ4n) is 1.75. The number of H-pyrrole nitrogens is 1. The molecular formula is C11H14N4O3S. The van der Waals surface area contributed by atoms with E-state index in [1.807, 2.05) is 0 Å². The molecule has 2 atom stereocenters. The van der Waals surface area contributed by atoms with E-state index in [0.717, 1.165) is 11.8 Å². The molecule has 0 spiro atoms. The highest BCUT2D eigenvalue weighted by Crippen LogP contribution is 2.29. The van der Waals surface area contributed by atoms with E-state index in [1.165, 1.54) is 19.4 Å². The first-order valence-corrected chi connectivity index (χ1v) is 6.56. The molecule has 5 N–H and O–H groups in total. The average Bonchev–Trinajstić information content (AvgIpc) is 2.80. The zero-order chi connectivity index (χ0) is 14.0. The van der Waals surface area contributed by atoms with E-state index in [-0.39, 0.29) is 16.7 Å². The third-order valence-electron chi connectivity index (χ3n) is 2.67. The van der Waals surface area contributed by atoms with Crippen molar-refractivity contribution < 1.29 is 15.0 Å². The van der Waals surface area contributed by atoms with Crippen molar-refractivity contribution in [2.24, 2.45) is 0 Å². The minimum absolute atomic E-state index is 0.108. The summed E-state index contributed by atoms with van der Waals surface area (Å²) < 4.78 is 0. The number of aromatic amines is 1. The van der Waals surface area contributed by atoms with Crippen LogP contribution in [0.15, 0.2) is 12.5 Å². The second kappa shape index (κ2) is 5.55. The highest BCUT2D eigenvalue weighted by molar-refractivity contribution is 8.13. The van der Waals surface area contributed by atoms with Gasteiger partial charge in [-0.2, -0.15) is 0 Å². The molecule has 7 nitrogen and oxygen atoms in total. The van der Waals surface area contributed by atoms with Crippen LogP contribution < -0.4 is 5.73 Å². The van der Waals surface area contributed by atoms with Gasteiger partial charge in [0.05, 0.1) is 11.5 Å². The molecule has 0 aliphatic carbocycles. The summed E-state index contributed by atoms with van der Waals surface area (Å²) >= 11 is 0.953. The average molecular weight is 282 g/mol. The molecule has 0 aliphatic heterocycles. The molecule has 0 saturated heterocycles. The Kier molecular flexibility index (Phi) is 4.03. The quantitative estimate of drug-likeness (QED) is 0.631. The minimum Gasteiger partial charge on any atom is -0.389 e. The summed E-state index contributed by atoms with van der Waals surface area (Å²) in [6, 6.07) is 0. The number of nitrogens with zero attached hydrogens (tertiary/aromatic N) is 2. The van der Waals surface area contributed by atoms with E-state index in [2.05, 4.69) is 15.0 Å². The molecule has 102 valence electrons. The van der Waals surface area contributed by atoms with E-state index in [0.29, 0.717) is 16.6 Å². The van der Waals surface area contributed by atoms with Gasteiger partial charge in [-0.05, 0) is 0 Å². The maximum atomic E-state index is 10.8. The van der Waals surface area contributed by atoms with Crippen LogP contribution in [-0.2, 0) is 4.79 Å². The van der Waals surface area contributed by atoms with Crippen LogP contribution >= 0.6 is 11.8 Å². The number of fused-ring (bicyclic) bond motifs is 1. The first kappa shape index (κ1) is 13.8. The van der Waals surface area contributed by atoms with Crippen LogP contribution in [0.2, 0.25) is 0 Å². The van der Waals surface area contributed by atoms with E-state index in [4.69, 9.17) is 5.73 Å². The maximum Gasteiger partial charge on any atom is 0.185 e. The van der Waals surface area contributed by atoms with Gasteiger partial charge < -0.3 is 20.9 Å². The lowest BCUT2D eigenvalue weighted by molar-refractivity contribution is -0.109. The monoisotopic (exact) mass is 282 g/mol. The largest absolute Gasteiger partial charge is 0.389 e. The van der Waals surface area contributed by atoms with Crippen molar-refractivity contribution in [1.29, 1.82) is 0 Å². The van der Waals surface area contributed by atoms with Crippen LogP contribution in [0, 0.1) is 0 Å². The van der Waals surface area contributed by atoms with E-state index < -0.39 is 12.2 Å². The van der Waals surface area contributed by atoms with Crippen LogP contribution in [0.25, 0.3) is 11.0 Å². The summed E-state index contributed by atoms with van der Waals surface area (Å²) in [5.74, 6) is 0.336. The van der Waals surface area contributed by atoms with E-state index in [1.54, 1.807) is 0 Å². The van der Waals surface area contributed by atoms with Crippen molar-refractivity contribution in [2.45, 2.75) is 19.1 Å². The molecule has 2 aromatic rings. The second-order valence-electron chi connectivity index (χ2n) is 4.04. The number of carbonyl (C=O) groups excluding carboxylic acids is 1. The lowest BCUT2D eigenvalue weighted by atomic mass is 10.1. The Morgan fingerprint density at radius 3 is 2.95 bits per heavy atom. The Labute approximate surface area is 113 Å². The molecule has 2 unspecified atom stereocenters. The van der Waals surface area contributed by atoms with Crippen molar-refractivity contribution in [3.8, 4) is 0 Å². The number of thioether (sulfide) groups is 1. The lowest BCUT2D eigenvalue weighted by Gasteiger charge is -2.16. The van der Waals surface area contributed by atoms with Gasteiger partial charge in [-0.25, -0.2) is 9.97 Å². The topological polar surface area (TPSA) is 125 Å². The van der Waals surface area contributed by atoms with Gasteiger partial charge in [-0.15, -0.1) is 0 Å². The molecule has 2 heterocycles. The summed E-state index contributed by atoms with van der Waals surface area (Å²) in [7, 11) is 0. The molecule has 0 bridgehead atoms. The number of aliphatic hydroxyl groups is 2. The highest BCUT2D eigenvalue weighted by Gasteiger charge is 2.23. The first-order valence-electron chi connectivity index (χ1n) is 5.57. The molecule has 0 amide bonds. The summed E-state index contributed by atoms with van der Waals surface area (Å²) in [4.78, 5) is 21.5. The highest BCUT2D eigenvalue weighted by atomic mass is 32.2. The first-order chi connectivity index (χ1) is 9.00. The Balaban J connectivity index is 2.26. The van der Waals surface area contributed by atoms with Crippen LogP contribution in [0.5, 0.6) is 0 Å². The number of aliphatic hydroxyl groups excluding tert-OH is 2. The molecule has 0 fully saturated rings. The Morgan fingerprint density at radius 2 is 2.26 bits per heavy atom. The molecule has 0 aliphatic rings. The fraction of sp³-hybridized carbons (Fsp3) is 0.364. The lowest BCUT2D eigenvalue weighted by Crippen LogP contribution is -2.21. The third kappa shape index (κ3) is 2.86. The standard InChI is InChI=1S/C11H14N4O3S/c1-5(16)19-3-7(17)9(18)6-2-13-11-8(6)10(12)14-4-15-11/h2,4,7,9,17-18H,3H2,1H3,(H3,12,13,14,15). The number of hydrogen-bond donors (Lipinski definition) is 4. The molecular weight excluding hydrogens is 268 g/mol. The zero-order valence-corrected chi connectivity index (χ0v) is 11.0. The fourth-order valence-corrected chi connectivity index (χ4v) is 2.33. The SMILES string of the molecule is CC(=O)SCC(O)C(O)c1c[nH]c2ncnc(N)c12. The molecule has 0 aromatic carbocycles. The molecule has 19 heavy (non-hydrogen) atoms. The normalized spacial score (nSPS) is 14.5. The number of anilines is 1. The number of rotatable bonds is 4. The van der Waals surface area contributed by atoms with Gasteiger partial charge in [-0.1, -0.05) is 11.8 Å². The molecule has 2 rings (SSSR count). The number of nitrogen functional groups attached to an aromatic ring is 1. The Hall–Kier alpha value is -1.64. The van der Waals surface area contributed by atoms with Gasteiger partial charge in [0.25, 0.3) is 0 Å². The number of nitrogens with two attached hydrogens (primary N) is 1. The Bertz CT molecular complexity index is 601. The van der Waals surface area contributed by atoms with Crippen molar-refractivity contribution in [3.63, 3.8) is 0 Å². The molecule has 2 aromatic heterocycles. The van der Waals surface area contributed by atoms with Crippen molar-refractivity contribution in [1.82, 2.24) is 15.0 Å². The number of hydrogen-bond acceptors (Lipinski definition) is 7. The van der Waals surface area contributed by atoms with Gasteiger partial charge in [0.2, 0.25) is 0 Å². The maximum absolute atomic E-state index is 10.8. The predicted molar refractivity (Wildman–Crippen MR) is 72.4 cm³/mol. The van der Waals surface area contributed by atoms with Gasteiger partial charge in [0.15, 0.2) is 5.12 Å². The zero-order valence-electron chi connectivity index (χ0n) is 10.2. The molecule has 8 heteroatoms. The van der Waals surface area contributed by atoms with Crippen molar-refractivity contribution in [2.75, 3.05) is 11.5 Å². The van der Waals surface area contributed by atoms with Gasteiger partial charge in [-0.3, -0.25) is 4.79 Å². The van der Waals surface area contributed by atoms with Gasteiger partial charge >= 0.3 is 0 Å². The summed E-state index contributed by atoms with van der Waals surface area (Å²) in [6.45, 7) is 1.40. The van der Waals surface area contributed by atoms with Crippen molar-refractivity contribution >= 4 is 33.7 Å². The minimum atomic E-state index is -1.16. The summed E-state index contributed by atoms with van der Waals surface area (Å²) in [5.41, 5.74) is 6.65. The second-order valence-corrected chi connectivity index (χ2v) is 5.24. The third-order valence-corrected chi connectivity index (χ3v) is 3.58. The summed E-state index contributed by atoms with van der Waals surface area (Å²) in [5, 5.41) is 20.3. The van der Waals surface area contributed by atoms with Crippen LogP contribution in [0.4, 0.5) is 5.82 Å².